The van der Waals surface area contributed by atoms with Crippen LogP contribution >= 0.6 is 0 Å². The molecule has 0 bridgehead atoms. The molecule has 10 nitrogen and oxygen atoms in total. The number of sulfonamides is 1. The summed E-state index contributed by atoms with van der Waals surface area (Å²) < 4.78 is 34.2. The normalized spacial score (nSPS) is 24.1. The standard InChI is InChI=1S/C23H36N6O4S/c1-5-8-20-24-16(4)21-23(30)25-22(26-29(20)21)18-15-17(9-10-19(18)33-7-3)34(31,32)28-13-11-27(6-2)12-14-28/h9-10,15,20,22,24,26H,5-8,11-14H2,1-4H3,(H,25,30). The van der Waals surface area contributed by atoms with E-state index in [2.05, 4.69) is 34.8 Å². The van der Waals surface area contributed by atoms with Crippen LogP contribution < -0.4 is 20.8 Å². The molecule has 1 aromatic rings. The highest BCUT2D eigenvalue weighted by molar-refractivity contribution is 7.89. The zero-order chi connectivity index (χ0) is 24.5. The molecule has 0 aliphatic carbocycles. The number of benzene rings is 1. The first-order valence-electron chi connectivity index (χ1n) is 12.1. The fourth-order valence-electron chi connectivity index (χ4n) is 4.78. The van der Waals surface area contributed by atoms with E-state index in [9.17, 15) is 13.2 Å². The molecule has 4 rings (SSSR count). The molecule has 188 valence electrons. The number of nitrogens with one attached hydrogen (secondary N) is 3. The highest BCUT2D eigenvalue weighted by Gasteiger charge is 2.40. The second kappa shape index (κ2) is 10.1. The number of rotatable bonds is 8. The largest absolute Gasteiger partial charge is 0.493 e. The van der Waals surface area contributed by atoms with Crippen LogP contribution in [0.25, 0.3) is 0 Å². The molecule has 3 aliphatic rings. The molecular weight excluding hydrogens is 456 g/mol. The predicted molar refractivity (Wildman–Crippen MR) is 129 cm³/mol. The highest BCUT2D eigenvalue weighted by Crippen LogP contribution is 2.33. The van der Waals surface area contributed by atoms with E-state index >= 15 is 0 Å². The molecule has 0 spiro atoms. The summed E-state index contributed by atoms with van der Waals surface area (Å²) in [6.45, 7) is 11.6. The molecule has 2 atom stereocenters. The molecule has 11 heteroatoms. The van der Waals surface area contributed by atoms with Crippen LogP contribution in [0.2, 0.25) is 0 Å². The quantitative estimate of drug-likeness (QED) is 0.499. The molecule has 2 fully saturated rings. The van der Waals surface area contributed by atoms with Crippen LogP contribution in [-0.4, -0.2) is 74.0 Å². The fraction of sp³-hybridized carbons (Fsp3) is 0.609. The molecule has 0 radical (unpaired) electrons. The van der Waals surface area contributed by atoms with E-state index in [0.717, 1.165) is 38.2 Å². The topological polar surface area (TPSA) is 106 Å². The number of piperazine rings is 1. The number of likely N-dealkylation sites (N-methyl/N-ethyl adjacent to an activating group) is 1. The van der Waals surface area contributed by atoms with Crippen LogP contribution in [0.1, 0.15) is 52.3 Å². The average Bonchev–Trinajstić information content (AvgIpc) is 3.15. The predicted octanol–water partition coefficient (Wildman–Crippen LogP) is 1.31. The molecule has 2 saturated heterocycles. The van der Waals surface area contributed by atoms with E-state index in [4.69, 9.17) is 4.74 Å². The van der Waals surface area contributed by atoms with Gasteiger partial charge in [-0.2, -0.15) is 4.31 Å². The Labute approximate surface area is 202 Å². The van der Waals surface area contributed by atoms with Gasteiger partial charge in [-0.05, 0) is 45.0 Å². The number of hydrogen-bond acceptors (Lipinski definition) is 8. The van der Waals surface area contributed by atoms with Gasteiger partial charge in [0.1, 0.15) is 23.8 Å². The Morgan fingerprint density at radius 3 is 2.47 bits per heavy atom. The minimum absolute atomic E-state index is 0.0501. The van der Waals surface area contributed by atoms with Gasteiger partial charge in [0.2, 0.25) is 10.0 Å². The van der Waals surface area contributed by atoms with Crippen LogP contribution in [-0.2, 0) is 14.8 Å². The van der Waals surface area contributed by atoms with Crippen molar-refractivity contribution in [3.8, 4) is 5.75 Å². The molecule has 3 aliphatic heterocycles. The summed E-state index contributed by atoms with van der Waals surface area (Å²) in [5.41, 5.74) is 5.34. The van der Waals surface area contributed by atoms with Gasteiger partial charge in [-0.3, -0.25) is 9.80 Å². The minimum atomic E-state index is -3.67. The summed E-state index contributed by atoms with van der Waals surface area (Å²) in [5.74, 6) is 0.331. The molecule has 0 saturated carbocycles. The Kier molecular flexibility index (Phi) is 7.36. The second-order valence-corrected chi connectivity index (χ2v) is 10.7. The zero-order valence-corrected chi connectivity index (χ0v) is 21.2. The van der Waals surface area contributed by atoms with E-state index in [1.807, 2.05) is 18.9 Å². The third kappa shape index (κ3) is 4.61. The lowest BCUT2D eigenvalue weighted by Gasteiger charge is -2.38. The molecule has 3 heterocycles. The van der Waals surface area contributed by atoms with Crippen LogP contribution in [0.3, 0.4) is 0 Å². The number of nitrogens with zero attached hydrogens (tertiary/aromatic N) is 3. The molecule has 0 aromatic heterocycles. The van der Waals surface area contributed by atoms with Gasteiger partial charge >= 0.3 is 0 Å². The second-order valence-electron chi connectivity index (χ2n) is 8.80. The Bertz CT molecular complexity index is 1050. The maximum absolute atomic E-state index is 13.4. The summed E-state index contributed by atoms with van der Waals surface area (Å²) in [7, 11) is -3.67. The summed E-state index contributed by atoms with van der Waals surface area (Å²) in [5, 5.41) is 8.22. The van der Waals surface area contributed by atoms with Crippen molar-refractivity contribution in [2.75, 3.05) is 39.3 Å². The Morgan fingerprint density at radius 2 is 1.82 bits per heavy atom. The van der Waals surface area contributed by atoms with Crippen molar-refractivity contribution < 1.29 is 17.9 Å². The number of allylic oxidation sites excluding steroid dienone is 1. The number of hydrazine groups is 1. The van der Waals surface area contributed by atoms with Gasteiger partial charge in [0.15, 0.2) is 0 Å². The van der Waals surface area contributed by atoms with Crippen LogP contribution in [0.15, 0.2) is 34.5 Å². The van der Waals surface area contributed by atoms with Gasteiger partial charge in [-0.1, -0.05) is 20.3 Å². The van der Waals surface area contributed by atoms with Crippen LogP contribution in [0, 0.1) is 0 Å². The number of carbonyl (C=O) groups is 1. The zero-order valence-electron chi connectivity index (χ0n) is 20.4. The monoisotopic (exact) mass is 492 g/mol. The summed E-state index contributed by atoms with van der Waals surface area (Å²) in [6.07, 6.45) is 1.12. The molecule has 2 unspecified atom stereocenters. The third-order valence-corrected chi connectivity index (χ3v) is 8.51. The van der Waals surface area contributed by atoms with Crippen molar-refractivity contribution in [2.45, 2.75) is 57.8 Å². The number of ether oxygens (including phenoxy) is 1. The maximum Gasteiger partial charge on any atom is 0.272 e. The van der Waals surface area contributed by atoms with E-state index < -0.39 is 16.2 Å². The lowest BCUT2D eigenvalue weighted by atomic mass is 10.1. The average molecular weight is 493 g/mol. The van der Waals surface area contributed by atoms with Gasteiger partial charge in [-0.15, -0.1) is 0 Å². The lowest BCUT2D eigenvalue weighted by molar-refractivity contribution is -0.124. The highest BCUT2D eigenvalue weighted by atomic mass is 32.2. The van der Waals surface area contributed by atoms with Gasteiger partial charge in [0, 0.05) is 37.4 Å². The van der Waals surface area contributed by atoms with Crippen molar-refractivity contribution in [2.24, 2.45) is 0 Å². The third-order valence-electron chi connectivity index (χ3n) is 6.62. The van der Waals surface area contributed by atoms with E-state index in [0.29, 0.717) is 36.7 Å². The van der Waals surface area contributed by atoms with Crippen LogP contribution in [0.4, 0.5) is 0 Å². The van der Waals surface area contributed by atoms with Crippen molar-refractivity contribution in [1.82, 2.24) is 30.3 Å². The van der Waals surface area contributed by atoms with Gasteiger partial charge < -0.3 is 20.3 Å². The number of hydrogen-bond donors (Lipinski definition) is 3. The number of carbonyl (C=O) groups excluding carboxylic acids is 1. The van der Waals surface area contributed by atoms with Crippen LogP contribution in [0.5, 0.6) is 5.75 Å². The maximum atomic E-state index is 13.4. The summed E-state index contributed by atoms with van der Waals surface area (Å²) in [6, 6.07) is 4.90. The Balaban J connectivity index is 1.65. The van der Waals surface area contributed by atoms with Crippen molar-refractivity contribution >= 4 is 15.9 Å². The van der Waals surface area contributed by atoms with Gasteiger partial charge in [-0.25, -0.2) is 13.8 Å². The number of amides is 1. The molecule has 1 amide bonds. The fourth-order valence-corrected chi connectivity index (χ4v) is 6.24. The molecule has 3 N–H and O–H groups in total. The molecule has 1 aromatic carbocycles. The van der Waals surface area contributed by atoms with Gasteiger partial charge in [0.05, 0.1) is 11.5 Å². The van der Waals surface area contributed by atoms with Gasteiger partial charge in [0.25, 0.3) is 5.91 Å². The molecular formula is C23H36N6O4S. The minimum Gasteiger partial charge on any atom is -0.493 e. The first kappa shape index (κ1) is 24.8. The Morgan fingerprint density at radius 1 is 1.09 bits per heavy atom. The molecule has 34 heavy (non-hydrogen) atoms. The Hall–Kier alpha value is -2.34. The first-order chi connectivity index (χ1) is 16.3. The van der Waals surface area contributed by atoms with Crippen molar-refractivity contribution in [3.05, 3.63) is 35.2 Å². The summed E-state index contributed by atoms with van der Waals surface area (Å²) >= 11 is 0. The SMILES string of the molecule is CCCC1NC(C)=C2C(=O)NC(c3cc(S(=O)(=O)N4CCN(CC)CC4)ccc3OCC)NN21. The smallest absolute Gasteiger partial charge is 0.272 e. The first-order valence-corrected chi connectivity index (χ1v) is 13.6. The number of fused-ring (bicyclic) bond motifs is 1. The van der Waals surface area contributed by atoms with Crippen molar-refractivity contribution in [1.29, 1.82) is 0 Å². The van der Waals surface area contributed by atoms with E-state index in [1.54, 1.807) is 18.2 Å². The lowest BCUT2D eigenvalue weighted by Crippen LogP contribution is -2.58. The van der Waals surface area contributed by atoms with Crippen molar-refractivity contribution in [3.63, 3.8) is 0 Å². The summed E-state index contributed by atoms with van der Waals surface area (Å²) in [4.78, 5) is 15.5. The van der Waals surface area contributed by atoms with E-state index in [1.165, 1.54) is 4.31 Å². The van der Waals surface area contributed by atoms with E-state index in [-0.39, 0.29) is 17.0 Å².